The first-order valence-corrected chi connectivity index (χ1v) is 15.6. The van der Waals surface area contributed by atoms with Gasteiger partial charge >= 0.3 is 0 Å². The lowest BCUT2D eigenvalue weighted by atomic mass is 9.94. The van der Waals surface area contributed by atoms with Crippen LogP contribution < -0.4 is 5.32 Å². The first-order valence-electron chi connectivity index (χ1n) is 14.8. The number of amides is 2. The Balaban J connectivity index is 1.15. The average Bonchev–Trinajstić information content (AvgIpc) is 3.38. The zero-order valence-electron chi connectivity index (χ0n) is 23.7. The molecule has 0 spiro atoms. The molecule has 2 saturated heterocycles. The van der Waals surface area contributed by atoms with Gasteiger partial charge in [0.1, 0.15) is 4.88 Å². The number of anilines is 1. The van der Waals surface area contributed by atoms with Gasteiger partial charge in [-0.25, -0.2) is 4.98 Å². The normalized spacial score (nSPS) is 21.9. The molecular weight excluding hydrogens is 534 g/mol. The van der Waals surface area contributed by atoms with Gasteiger partial charge in [0.2, 0.25) is 5.91 Å². The van der Waals surface area contributed by atoms with Gasteiger partial charge in [-0.1, -0.05) is 65.9 Å². The van der Waals surface area contributed by atoms with Crippen molar-refractivity contribution >= 4 is 28.3 Å². The number of β-amino-alcohol motifs (C(OH)–C–C–N with tert-alkyl or cyclic N) is 1. The van der Waals surface area contributed by atoms with Crippen molar-refractivity contribution in [2.24, 2.45) is 0 Å². The molecule has 1 aromatic heterocycles. The van der Waals surface area contributed by atoms with Gasteiger partial charge in [0.15, 0.2) is 5.13 Å². The number of nitrogens with one attached hydrogen (secondary N) is 1. The van der Waals surface area contributed by atoms with E-state index in [4.69, 9.17) is 4.98 Å². The molecule has 2 aromatic carbocycles. The Morgan fingerprint density at radius 1 is 0.951 bits per heavy atom. The van der Waals surface area contributed by atoms with E-state index in [2.05, 4.69) is 46.6 Å². The molecule has 4 heterocycles. The fourth-order valence-corrected chi connectivity index (χ4v) is 7.50. The highest BCUT2D eigenvalue weighted by molar-refractivity contribution is 7.17. The van der Waals surface area contributed by atoms with Crippen molar-refractivity contribution in [2.75, 3.05) is 38.0 Å². The van der Waals surface area contributed by atoms with Gasteiger partial charge in [-0.05, 0) is 42.4 Å². The summed E-state index contributed by atoms with van der Waals surface area (Å²) in [7, 11) is 0. The van der Waals surface area contributed by atoms with Crippen LogP contribution in [0.5, 0.6) is 0 Å². The Labute approximate surface area is 246 Å². The summed E-state index contributed by atoms with van der Waals surface area (Å²) in [6, 6.07) is 19.0. The highest BCUT2D eigenvalue weighted by atomic mass is 32.1. The van der Waals surface area contributed by atoms with Crippen LogP contribution in [0.25, 0.3) is 0 Å². The second kappa shape index (κ2) is 12.3. The first kappa shape index (κ1) is 27.9. The van der Waals surface area contributed by atoms with Crippen LogP contribution >= 0.6 is 11.3 Å². The Morgan fingerprint density at radius 3 is 2.39 bits per heavy atom. The number of thiazole rings is 1. The number of carbonyl (C=O) groups excluding carboxylic acids is 2. The van der Waals surface area contributed by atoms with Crippen LogP contribution in [0, 0.1) is 0 Å². The molecule has 0 unspecified atom stereocenters. The van der Waals surface area contributed by atoms with Gasteiger partial charge in [-0.3, -0.25) is 14.5 Å². The number of aliphatic hydroxyl groups is 1. The number of piperidine rings is 2. The van der Waals surface area contributed by atoms with Gasteiger partial charge in [0.05, 0.1) is 11.8 Å². The molecule has 6 rings (SSSR count). The number of aliphatic hydroxyl groups excluding tert-OH is 1. The number of aromatic nitrogens is 1. The molecule has 0 saturated carbocycles. The van der Waals surface area contributed by atoms with E-state index in [0.717, 1.165) is 68.3 Å². The number of fused-ring (bicyclic) bond motifs is 1. The lowest BCUT2D eigenvalue weighted by Crippen LogP contribution is -2.56. The van der Waals surface area contributed by atoms with Crippen molar-refractivity contribution in [3.63, 3.8) is 0 Å². The Kier molecular flexibility index (Phi) is 8.37. The van der Waals surface area contributed by atoms with Crippen LogP contribution in [0.15, 0.2) is 54.6 Å². The number of likely N-dealkylation sites (tertiary alicyclic amines) is 2. The summed E-state index contributed by atoms with van der Waals surface area (Å²) in [4.78, 5) is 37.3. The van der Waals surface area contributed by atoms with E-state index in [1.165, 1.54) is 22.5 Å². The zero-order chi connectivity index (χ0) is 28.3. The minimum Gasteiger partial charge on any atom is -0.390 e. The SMILES string of the molecule is CC(=O)N1CCC(Nc2nc(Cc3ccccc3)c(C(=O)N3CC[C@@H](N4CCc5ccccc5C4)[C@H](O)C3)s2)CC1. The van der Waals surface area contributed by atoms with Crippen LogP contribution in [0.2, 0.25) is 0 Å². The summed E-state index contributed by atoms with van der Waals surface area (Å²) in [6.45, 7) is 5.82. The molecule has 216 valence electrons. The summed E-state index contributed by atoms with van der Waals surface area (Å²) in [5.41, 5.74) is 4.62. The predicted octanol–water partition coefficient (Wildman–Crippen LogP) is 3.79. The monoisotopic (exact) mass is 573 g/mol. The number of carbonyl (C=O) groups is 2. The Hall–Kier alpha value is -3.27. The quantitative estimate of drug-likeness (QED) is 0.467. The second-order valence-corrected chi connectivity index (χ2v) is 12.5. The number of benzene rings is 2. The van der Waals surface area contributed by atoms with Crippen molar-refractivity contribution in [1.82, 2.24) is 19.7 Å². The molecular formula is C32H39N5O3S. The largest absolute Gasteiger partial charge is 0.390 e. The topological polar surface area (TPSA) is 89.0 Å². The maximum atomic E-state index is 13.9. The average molecular weight is 574 g/mol. The second-order valence-electron chi connectivity index (χ2n) is 11.5. The van der Waals surface area contributed by atoms with Crippen molar-refractivity contribution in [2.45, 2.75) is 63.8 Å². The fourth-order valence-electron chi connectivity index (χ4n) is 6.48. The Bertz CT molecular complexity index is 1370. The molecule has 0 radical (unpaired) electrons. The summed E-state index contributed by atoms with van der Waals surface area (Å²) < 4.78 is 0. The van der Waals surface area contributed by atoms with Gasteiger partial charge in [0, 0.05) is 64.7 Å². The van der Waals surface area contributed by atoms with Crippen LogP contribution in [-0.4, -0.2) is 87.5 Å². The van der Waals surface area contributed by atoms with E-state index in [-0.39, 0.29) is 23.9 Å². The van der Waals surface area contributed by atoms with Crippen molar-refractivity contribution < 1.29 is 14.7 Å². The van der Waals surface area contributed by atoms with Gasteiger partial charge < -0.3 is 20.2 Å². The van der Waals surface area contributed by atoms with Crippen LogP contribution in [0.4, 0.5) is 5.13 Å². The van der Waals surface area contributed by atoms with E-state index in [9.17, 15) is 14.7 Å². The van der Waals surface area contributed by atoms with Crippen molar-refractivity contribution in [3.8, 4) is 0 Å². The summed E-state index contributed by atoms with van der Waals surface area (Å²) in [5.74, 6) is 0.0705. The molecule has 9 heteroatoms. The molecule has 8 nitrogen and oxygen atoms in total. The van der Waals surface area contributed by atoms with Crippen LogP contribution in [0.3, 0.4) is 0 Å². The molecule has 3 aliphatic heterocycles. The molecule has 3 aliphatic rings. The van der Waals surface area contributed by atoms with Crippen molar-refractivity contribution in [1.29, 1.82) is 0 Å². The summed E-state index contributed by atoms with van der Waals surface area (Å²) in [6.07, 6.45) is 3.45. The predicted molar refractivity (Wildman–Crippen MR) is 161 cm³/mol. The highest BCUT2D eigenvalue weighted by Gasteiger charge is 2.36. The molecule has 3 aromatic rings. The maximum absolute atomic E-state index is 13.9. The zero-order valence-corrected chi connectivity index (χ0v) is 24.5. The molecule has 2 N–H and O–H groups in total. The summed E-state index contributed by atoms with van der Waals surface area (Å²) >= 11 is 1.42. The highest BCUT2D eigenvalue weighted by Crippen LogP contribution is 2.31. The van der Waals surface area contributed by atoms with Gasteiger partial charge in [-0.2, -0.15) is 0 Å². The van der Waals surface area contributed by atoms with E-state index in [1.807, 2.05) is 28.0 Å². The standard InChI is InChI=1S/C32H39N5O3S/c1-22(38)35-16-12-26(13-17-35)33-32-34-27(19-23-7-3-2-4-8-23)30(41-32)31(40)37-18-14-28(29(39)21-37)36-15-11-24-9-5-6-10-25(24)20-36/h2-10,26,28-29,39H,11-21H2,1H3,(H,33,34)/t28-,29-/m1/s1. The van der Waals surface area contributed by atoms with Crippen LogP contribution in [-0.2, 0) is 24.2 Å². The molecule has 41 heavy (non-hydrogen) atoms. The number of hydrogen-bond acceptors (Lipinski definition) is 7. The number of rotatable bonds is 6. The van der Waals surface area contributed by atoms with Gasteiger partial charge in [-0.15, -0.1) is 0 Å². The minimum atomic E-state index is -0.590. The number of hydrogen-bond donors (Lipinski definition) is 2. The Morgan fingerprint density at radius 2 is 1.66 bits per heavy atom. The molecule has 2 fully saturated rings. The van der Waals surface area contributed by atoms with E-state index < -0.39 is 6.10 Å². The van der Waals surface area contributed by atoms with E-state index >= 15 is 0 Å². The maximum Gasteiger partial charge on any atom is 0.266 e. The smallest absolute Gasteiger partial charge is 0.266 e. The molecule has 0 bridgehead atoms. The fraction of sp³-hybridized carbons (Fsp3) is 0.469. The first-order chi connectivity index (χ1) is 19.9. The van der Waals surface area contributed by atoms with Crippen LogP contribution in [0.1, 0.15) is 58.2 Å². The molecule has 2 amide bonds. The lowest BCUT2D eigenvalue weighted by Gasteiger charge is -2.43. The lowest BCUT2D eigenvalue weighted by molar-refractivity contribution is -0.129. The number of nitrogens with zero attached hydrogens (tertiary/aromatic N) is 4. The van der Waals surface area contributed by atoms with Crippen molar-refractivity contribution in [3.05, 3.63) is 81.9 Å². The molecule has 2 atom stereocenters. The third kappa shape index (κ3) is 6.32. The third-order valence-electron chi connectivity index (χ3n) is 8.84. The molecule has 0 aliphatic carbocycles. The van der Waals surface area contributed by atoms with E-state index in [1.54, 1.807) is 6.92 Å². The minimum absolute atomic E-state index is 0.0469. The van der Waals surface area contributed by atoms with E-state index in [0.29, 0.717) is 24.4 Å². The summed E-state index contributed by atoms with van der Waals surface area (Å²) in [5, 5.41) is 15.5. The third-order valence-corrected chi connectivity index (χ3v) is 9.85. The van der Waals surface area contributed by atoms with Gasteiger partial charge in [0.25, 0.3) is 5.91 Å².